The summed E-state index contributed by atoms with van der Waals surface area (Å²) in [6.07, 6.45) is 3.15. The summed E-state index contributed by atoms with van der Waals surface area (Å²) >= 11 is 5.06. The third kappa shape index (κ3) is 2.70. The molecule has 1 aromatic carbocycles. The molecule has 2 heterocycles. The Kier molecular flexibility index (Phi) is 4.00. The van der Waals surface area contributed by atoms with Crippen molar-refractivity contribution in [3.05, 3.63) is 47.0 Å². The summed E-state index contributed by atoms with van der Waals surface area (Å²) in [7, 11) is 0. The summed E-state index contributed by atoms with van der Waals surface area (Å²) in [5, 5.41) is 1.01. The van der Waals surface area contributed by atoms with Crippen LogP contribution < -0.4 is 5.73 Å². The zero-order chi connectivity index (χ0) is 13.9. The molecule has 3 aromatic rings. The molecule has 102 valence electrons. The van der Waals surface area contributed by atoms with Crippen molar-refractivity contribution in [3.63, 3.8) is 0 Å². The Morgan fingerprint density at radius 2 is 2.00 bits per heavy atom. The van der Waals surface area contributed by atoms with Crippen LogP contribution in [0.2, 0.25) is 0 Å². The van der Waals surface area contributed by atoms with E-state index >= 15 is 0 Å². The van der Waals surface area contributed by atoms with Crippen molar-refractivity contribution in [1.29, 1.82) is 0 Å². The molecule has 2 aromatic heterocycles. The van der Waals surface area contributed by atoms with Gasteiger partial charge in [0.2, 0.25) is 0 Å². The van der Waals surface area contributed by atoms with Gasteiger partial charge in [0.15, 0.2) is 5.65 Å². The zero-order valence-electron chi connectivity index (χ0n) is 10.5. The number of aromatic nitrogens is 4. The molecule has 0 amide bonds. The quantitative estimate of drug-likeness (QED) is 0.559. The molecule has 0 spiro atoms. The van der Waals surface area contributed by atoms with Crippen LogP contribution in [-0.2, 0) is 0 Å². The molecular formula is C13H12BrN5S. The molecular weight excluding hydrogens is 338 g/mol. The van der Waals surface area contributed by atoms with Gasteiger partial charge >= 0.3 is 0 Å². The predicted octanol–water partition coefficient (Wildman–Crippen LogP) is 2.91. The number of imidazole rings is 1. The third-order valence-corrected chi connectivity index (χ3v) is 4.71. The number of benzene rings is 1. The number of nitrogens with two attached hydrogens (primary N) is 1. The van der Waals surface area contributed by atoms with E-state index in [9.17, 15) is 0 Å². The van der Waals surface area contributed by atoms with Crippen molar-refractivity contribution in [2.24, 2.45) is 5.73 Å². The summed E-state index contributed by atoms with van der Waals surface area (Å²) in [6.45, 7) is 0.534. The maximum atomic E-state index is 5.91. The fraction of sp³-hybridized carbons (Fsp3) is 0.154. The Bertz CT molecular complexity index is 712. The molecule has 20 heavy (non-hydrogen) atoms. The summed E-state index contributed by atoms with van der Waals surface area (Å²) < 4.78 is 1.06. The number of hydrogen-bond acceptors (Lipinski definition) is 5. The lowest BCUT2D eigenvalue weighted by Crippen LogP contribution is -2.09. The Hall–Kier alpha value is -1.44. The standard InChI is InChI=1S/C13H12BrN5S/c14-9-3-1-8(2-4-9)10(5-15)20-13-11-12(17-6-16-11)18-7-19-13/h1-4,6-7,10H,5,15H2,(H,16,17,18,19). The molecule has 1 atom stereocenters. The lowest BCUT2D eigenvalue weighted by molar-refractivity contribution is 0.934. The Morgan fingerprint density at radius 3 is 2.75 bits per heavy atom. The van der Waals surface area contributed by atoms with Gasteiger partial charge < -0.3 is 10.7 Å². The first-order valence-electron chi connectivity index (χ1n) is 6.04. The molecule has 1 unspecified atom stereocenters. The van der Waals surface area contributed by atoms with E-state index in [-0.39, 0.29) is 5.25 Å². The van der Waals surface area contributed by atoms with Gasteiger partial charge in [-0.05, 0) is 17.7 Å². The fourth-order valence-electron chi connectivity index (χ4n) is 1.90. The van der Waals surface area contributed by atoms with Gasteiger partial charge in [-0.1, -0.05) is 39.8 Å². The highest BCUT2D eigenvalue weighted by Crippen LogP contribution is 2.35. The largest absolute Gasteiger partial charge is 0.341 e. The molecule has 3 rings (SSSR count). The van der Waals surface area contributed by atoms with Crippen LogP contribution in [0.4, 0.5) is 0 Å². The minimum Gasteiger partial charge on any atom is -0.341 e. The predicted molar refractivity (Wildman–Crippen MR) is 83.5 cm³/mol. The lowest BCUT2D eigenvalue weighted by Gasteiger charge is -2.14. The Balaban J connectivity index is 1.91. The van der Waals surface area contributed by atoms with Gasteiger partial charge in [-0.3, -0.25) is 0 Å². The molecule has 0 radical (unpaired) electrons. The van der Waals surface area contributed by atoms with E-state index in [0.29, 0.717) is 12.2 Å². The van der Waals surface area contributed by atoms with Gasteiger partial charge in [-0.2, -0.15) is 0 Å². The number of aromatic amines is 1. The first kappa shape index (κ1) is 13.5. The number of fused-ring (bicyclic) bond motifs is 1. The Morgan fingerprint density at radius 1 is 1.20 bits per heavy atom. The minimum atomic E-state index is 0.143. The van der Waals surface area contributed by atoms with E-state index in [2.05, 4.69) is 48.0 Å². The van der Waals surface area contributed by atoms with Crippen LogP contribution in [-0.4, -0.2) is 26.5 Å². The second-order valence-corrected chi connectivity index (χ2v) is 6.28. The molecule has 5 nitrogen and oxygen atoms in total. The molecule has 3 N–H and O–H groups in total. The van der Waals surface area contributed by atoms with Crippen molar-refractivity contribution >= 4 is 38.9 Å². The highest BCUT2D eigenvalue weighted by Gasteiger charge is 2.15. The first-order valence-corrected chi connectivity index (χ1v) is 7.71. The van der Waals surface area contributed by atoms with Crippen molar-refractivity contribution in [2.75, 3.05) is 6.54 Å². The number of thioether (sulfide) groups is 1. The summed E-state index contributed by atoms with van der Waals surface area (Å²) in [5.41, 5.74) is 8.61. The number of nitrogens with one attached hydrogen (secondary N) is 1. The van der Waals surface area contributed by atoms with E-state index in [4.69, 9.17) is 5.73 Å². The van der Waals surface area contributed by atoms with E-state index < -0.39 is 0 Å². The number of rotatable bonds is 4. The Labute approximate surface area is 128 Å². The highest BCUT2D eigenvalue weighted by molar-refractivity contribution is 9.10. The van der Waals surface area contributed by atoms with Crippen LogP contribution in [0.5, 0.6) is 0 Å². The number of halogens is 1. The SMILES string of the molecule is NCC(Sc1ncnc2nc[nH]c12)c1ccc(Br)cc1. The van der Waals surface area contributed by atoms with Crippen molar-refractivity contribution < 1.29 is 0 Å². The summed E-state index contributed by atoms with van der Waals surface area (Å²) in [4.78, 5) is 15.7. The average molecular weight is 350 g/mol. The molecule has 0 saturated carbocycles. The van der Waals surface area contributed by atoms with Gasteiger partial charge in [0.1, 0.15) is 16.9 Å². The topological polar surface area (TPSA) is 80.5 Å². The normalized spacial score (nSPS) is 12.7. The monoisotopic (exact) mass is 349 g/mol. The molecule has 0 saturated heterocycles. The van der Waals surface area contributed by atoms with E-state index in [1.165, 1.54) is 11.9 Å². The molecule has 0 bridgehead atoms. The van der Waals surface area contributed by atoms with Crippen LogP contribution in [0.1, 0.15) is 10.8 Å². The average Bonchev–Trinajstić information content (AvgIpc) is 2.95. The van der Waals surface area contributed by atoms with Crippen molar-refractivity contribution in [3.8, 4) is 0 Å². The van der Waals surface area contributed by atoms with Crippen molar-refractivity contribution in [2.45, 2.75) is 10.3 Å². The van der Waals surface area contributed by atoms with E-state index in [1.54, 1.807) is 18.1 Å². The van der Waals surface area contributed by atoms with Gasteiger partial charge in [0.05, 0.1) is 6.33 Å². The molecule has 0 aliphatic heterocycles. The zero-order valence-corrected chi connectivity index (χ0v) is 12.9. The highest BCUT2D eigenvalue weighted by atomic mass is 79.9. The maximum absolute atomic E-state index is 5.91. The van der Waals surface area contributed by atoms with E-state index in [1.807, 2.05) is 12.1 Å². The smallest absolute Gasteiger partial charge is 0.181 e. The maximum Gasteiger partial charge on any atom is 0.181 e. The van der Waals surface area contributed by atoms with Gasteiger partial charge in [0.25, 0.3) is 0 Å². The summed E-state index contributed by atoms with van der Waals surface area (Å²) in [5.74, 6) is 0. The minimum absolute atomic E-state index is 0.143. The molecule has 0 fully saturated rings. The first-order chi connectivity index (χ1) is 9.78. The molecule has 0 aliphatic rings. The number of hydrogen-bond donors (Lipinski definition) is 2. The van der Waals surface area contributed by atoms with Crippen LogP contribution in [0.25, 0.3) is 11.2 Å². The van der Waals surface area contributed by atoms with Crippen molar-refractivity contribution in [1.82, 2.24) is 19.9 Å². The second-order valence-electron chi connectivity index (χ2n) is 4.17. The fourth-order valence-corrected chi connectivity index (χ4v) is 3.20. The van der Waals surface area contributed by atoms with Gasteiger partial charge in [-0.15, -0.1) is 0 Å². The van der Waals surface area contributed by atoms with Crippen LogP contribution in [0, 0.1) is 0 Å². The third-order valence-electron chi connectivity index (χ3n) is 2.90. The van der Waals surface area contributed by atoms with Crippen LogP contribution >= 0.6 is 27.7 Å². The van der Waals surface area contributed by atoms with E-state index in [0.717, 1.165) is 15.0 Å². The number of nitrogens with zero attached hydrogens (tertiary/aromatic N) is 3. The number of H-pyrrole nitrogens is 1. The molecule has 0 aliphatic carbocycles. The lowest BCUT2D eigenvalue weighted by atomic mass is 10.1. The van der Waals surface area contributed by atoms with Crippen LogP contribution in [0.3, 0.4) is 0 Å². The van der Waals surface area contributed by atoms with Crippen LogP contribution in [0.15, 0.2) is 46.4 Å². The molecule has 7 heteroatoms. The van der Waals surface area contributed by atoms with Gasteiger partial charge in [-0.25, -0.2) is 15.0 Å². The summed E-state index contributed by atoms with van der Waals surface area (Å²) in [6, 6.07) is 8.18. The van der Waals surface area contributed by atoms with Gasteiger partial charge in [0, 0.05) is 16.3 Å². The second kappa shape index (κ2) is 5.90.